The number of amides is 2. The van der Waals surface area contributed by atoms with Crippen LogP contribution in [0.15, 0.2) is 18.2 Å². The third kappa shape index (κ3) is 3.73. The highest BCUT2D eigenvalue weighted by atomic mass is 35.5. The quantitative estimate of drug-likeness (QED) is 0.859. The maximum Gasteiger partial charge on any atom is 0.303 e. The first-order chi connectivity index (χ1) is 10.4. The Hall–Kier alpha value is -2.15. The van der Waals surface area contributed by atoms with E-state index in [1.54, 1.807) is 0 Å². The summed E-state index contributed by atoms with van der Waals surface area (Å²) in [6, 6.07) is 3.32. The number of carbonyl (C=O) groups is 3. The van der Waals surface area contributed by atoms with Gasteiger partial charge < -0.3 is 15.3 Å². The van der Waals surface area contributed by atoms with Gasteiger partial charge >= 0.3 is 5.97 Å². The molecule has 0 bridgehead atoms. The highest BCUT2D eigenvalue weighted by molar-refractivity contribution is 6.30. The van der Waals surface area contributed by atoms with E-state index in [2.05, 4.69) is 5.32 Å². The molecule has 2 amide bonds. The van der Waals surface area contributed by atoms with Crippen LogP contribution in [0.4, 0.5) is 10.1 Å². The molecule has 0 aromatic heterocycles. The molecule has 0 saturated carbocycles. The molecule has 1 saturated heterocycles. The lowest BCUT2D eigenvalue weighted by Crippen LogP contribution is -2.41. The normalized spacial score (nSPS) is 17.6. The number of benzene rings is 1. The molecule has 1 atom stereocenters. The largest absolute Gasteiger partial charge is 0.481 e. The van der Waals surface area contributed by atoms with Crippen LogP contribution in [0.1, 0.15) is 19.3 Å². The van der Waals surface area contributed by atoms with E-state index in [-0.39, 0.29) is 23.8 Å². The van der Waals surface area contributed by atoms with Gasteiger partial charge in [-0.05, 0) is 24.6 Å². The molecule has 0 spiro atoms. The van der Waals surface area contributed by atoms with Gasteiger partial charge in [-0.25, -0.2) is 4.39 Å². The first kappa shape index (κ1) is 16.2. The van der Waals surface area contributed by atoms with Crippen molar-refractivity contribution in [2.24, 2.45) is 0 Å². The minimum atomic E-state index is -1.08. The molecular formula is C14H14ClFN2O4. The summed E-state index contributed by atoms with van der Waals surface area (Å²) >= 11 is 5.60. The summed E-state index contributed by atoms with van der Waals surface area (Å²) in [6.45, 7) is 0.337. The van der Waals surface area contributed by atoms with Crippen LogP contribution in [-0.2, 0) is 14.4 Å². The van der Waals surface area contributed by atoms with Gasteiger partial charge in [-0.15, -0.1) is 0 Å². The van der Waals surface area contributed by atoms with Crippen molar-refractivity contribution in [1.29, 1.82) is 0 Å². The third-order valence-electron chi connectivity index (χ3n) is 3.32. The molecule has 22 heavy (non-hydrogen) atoms. The van der Waals surface area contributed by atoms with Gasteiger partial charge in [-0.3, -0.25) is 14.4 Å². The molecule has 1 aliphatic heterocycles. The molecule has 1 fully saturated rings. The summed E-state index contributed by atoms with van der Waals surface area (Å²) in [7, 11) is 0. The van der Waals surface area contributed by atoms with Crippen molar-refractivity contribution in [2.75, 3.05) is 11.4 Å². The number of hydrogen-bond donors (Lipinski definition) is 2. The van der Waals surface area contributed by atoms with E-state index in [9.17, 15) is 18.8 Å². The first-order valence-corrected chi connectivity index (χ1v) is 7.04. The summed E-state index contributed by atoms with van der Waals surface area (Å²) in [4.78, 5) is 35.5. The fraction of sp³-hybridized carbons (Fsp3) is 0.357. The summed E-state index contributed by atoms with van der Waals surface area (Å²) in [6.07, 6.45) is -0.102. The Bertz CT molecular complexity index is 623. The van der Waals surface area contributed by atoms with E-state index in [4.69, 9.17) is 16.7 Å². The molecule has 1 unspecified atom stereocenters. The van der Waals surface area contributed by atoms with E-state index >= 15 is 0 Å². The third-order valence-corrected chi connectivity index (χ3v) is 3.63. The average Bonchev–Trinajstić information content (AvgIpc) is 2.81. The van der Waals surface area contributed by atoms with E-state index in [1.807, 2.05) is 0 Å². The number of aliphatic carboxylic acids is 1. The molecule has 8 heteroatoms. The second kappa shape index (κ2) is 6.74. The van der Waals surface area contributed by atoms with Crippen molar-refractivity contribution in [3.8, 4) is 0 Å². The van der Waals surface area contributed by atoms with Gasteiger partial charge in [0.15, 0.2) is 0 Å². The predicted octanol–water partition coefficient (Wildman–Crippen LogP) is 1.57. The number of anilines is 1. The molecule has 0 radical (unpaired) electrons. The van der Waals surface area contributed by atoms with Gasteiger partial charge in [0.2, 0.25) is 11.8 Å². The van der Waals surface area contributed by atoms with Gasteiger partial charge in [0.25, 0.3) is 0 Å². The fourth-order valence-corrected chi connectivity index (χ4v) is 2.33. The molecule has 2 rings (SSSR count). The average molecular weight is 329 g/mol. The molecule has 6 nitrogen and oxygen atoms in total. The number of nitrogens with one attached hydrogen (secondary N) is 1. The Labute approximate surface area is 130 Å². The van der Waals surface area contributed by atoms with E-state index < -0.39 is 23.7 Å². The van der Waals surface area contributed by atoms with Crippen molar-refractivity contribution in [3.05, 3.63) is 29.0 Å². The highest BCUT2D eigenvalue weighted by Crippen LogP contribution is 2.25. The van der Waals surface area contributed by atoms with Crippen molar-refractivity contribution in [2.45, 2.75) is 25.3 Å². The lowest BCUT2D eigenvalue weighted by molar-refractivity contribution is -0.139. The second-order valence-corrected chi connectivity index (χ2v) is 5.30. The molecule has 1 aliphatic rings. The Morgan fingerprint density at radius 1 is 1.41 bits per heavy atom. The number of nitrogens with zero attached hydrogens (tertiary/aromatic N) is 1. The lowest BCUT2D eigenvalue weighted by Gasteiger charge is -2.17. The van der Waals surface area contributed by atoms with Crippen LogP contribution in [0, 0.1) is 5.82 Å². The van der Waals surface area contributed by atoms with E-state index in [0.29, 0.717) is 18.7 Å². The Balaban J connectivity index is 1.98. The lowest BCUT2D eigenvalue weighted by atomic mass is 10.2. The molecule has 1 heterocycles. The van der Waals surface area contributed by atoms with Gasteiger partial charge in [0.1, 0.15) is 11.9 Å². The van der Waals surface area contributed by atoms with Crippen molar-refractivity contribution >= 4 is 35.1 Å². The zero-order chi connectivity index (χ0) is 16.3. The molecule has 1 aromatic carbocycles. The highest BCUT2D eigenvalue weighted by Gasteiger charge is 2.33. The standard InChI is InChI=1S/C14H14ClFN2O4/c15-9-2-1-8(7-10(9)16)18-6-5-11(14(18)22)17-12(19)3-4-13(20)21/h1-2,7,11H,3-6H2,(H,17,19)(H,20,21). The van der Waals surface area contributed by atoms with E-state index in [1.165, 1.54) is 17.0 Å². The van der Waals surface area contributed by atoms with Crippen molar-refractivity contribution in [3.63, 3.8) is 0 Å². The van der Waals surface area contributed by atoms with Gasteiger partial charge in [-0.2, -0.15) is 0 Å². The van der Waals surface area contributed by atoms with Gasteiger partial charge in [0, 0.05) is 18.7 Å². The SMILES string of the molecule is O=C(O)CCC(=O)NC1CCN(c2ccc(Cl)c(F)c2)C1=O. The Kier molecular flexibility index (Phi) is 4.97. The molecule has 0 aliphatic carbocycles. The molecule has 2 N–H and O–H groups in total. The number of carboxylic acid groups (broad SMARTS) is 1. The van der Waals surface area contributed by atoms with Crippen LogP contribution in [0.2, 0.25) is 5.02 Å². The summed E-state index contributed by atoms with van der Waals surface area (Å²) in [5.74, 6) is -2.55. The zero-order valence-electron chi connectivity index (χ0n) is 11.5. The minimum Gasteiger partial charge on any atom is -0.481 e. The second-order valence-electron chi connectivity index (χ2n) is 4.89. The smallest absolute Gasteiger partial charge is 0.303 e. The number of rotatable bonds is 5. The van der Waals surface area contributed by atoms with Gasteiger partial charge in [-0.1, -0.05) is 11.6 Å². The minimum absolute atomic E-state index is 0.0334. The summed E-state index contributed by atoms with van der Waals surface area (Å²) in [5.41, 5.74) is 0.370. The van der Waals surface area contributed by atoms with Gasteiger partial charge in [0.05, 0.1) is 11.4 Å². The van der Waals surface area contributed by atoms with Crippen LogP contribution in [-0.4, -0.2) is 35.5 Å². The predicted molar refractivity (Wildman–Crippen MR) is 77.2 cm³/mol. The Morgan fingerprint density at radius 3 is 2.77 bits per heavy atom. The van der Waals surface area contributed by atoms with Crippen LogP contribution in [0.3, 0.4) is 0 Å². The Morgan fingerprint density at radius 2 is 2.14 bits per heavy atom. The fourth-order valence-electron chi connectivity index (χ4n) is 2.21. The number of halogens is 2. The van der Waals surface area contributed by atoms with Crippen molar-refractivity contribution < 1.29 is 23.9 Å². The first-order valence-electron chi connectivity index (χ1n) is 6.66. The van der Waals surface area contributed by atoms with Crippen molar-refractivity contribution in [1.82, 2.24) is 5.32 Å². The maximum atomic E-state index is 13.4. The summed E-state index contributed by atoms with van der Waals surface area (Å²) in [5, 5.41) is 11.0. The topological polar surface area (TPSA) is 86.7 Å². The van der Waals surface area contributed by atoms with Crippen LogP contribution < -0.4 is 10.2 Å². The number of hydrogen-bond acceptors (Lipinski definition) is 3. The molecule has 118 valence electrons. The van der Waals surface area contributed by atoms with Crippen LogP contribution >= 0.6 is 11.6 Å². The zero-order valence-corrected chi connectivity index (χ0v) is 12.3. The van der Waals surface area contributed by atoms with E-state index in [0.717, 1.165) is 6.07 Å². The maximum absolute atomic E-state index is 13.4. The summed E-state index contributed by atoms with van der Waals surface area (Å²) < 4.78 is 13.4. The monoisotopic (exact) mass is 328 g/mol. The molecule has 1 aromatic rings. The van der Waals surface area contributed by atoms with Crippen LogP contribution in [0.5, 0.6) is 0 Å². The number of carbonyl (C=O) groups excluding carboxylic acids is 2. The number of carboxylic acids is 1. The van der Waals surface area contributed by atoms with Crippen LogP contribution in [0.25, 0.3) is 0 Å². The molecular weight excluding hydrogens is 315 g/mol.